The zero-order chi connectivity index (χ0) is 16.2. The lowest BCUT2D eigenvalue weighted by atomic mass is 10.0. The van der Waals surface area contributed by atoms with Crippen molar-refractivity contribution in [3.63, 3.8) is 0 Å². The normalized spacial score (nSPS) is 21.0. The van der Waals surface area contributed by atoms with Crippen molar-refractivity contribution in [2.24, 2.45) is 0 Å². The summed E-state index contributed by atoms with van der Waals surface area (Å²) >= 11 is 7.41. The van der Waals surface area contributed by atoms with Gasteiger partial charge >= 0.3 is 0 Å². The Kier molecular flexibility index (Phi) is 5.25. The van der Waals surface area contributed by atoms with E-state index in [2.05, 4.69) is 57.8 Å². The zero-order valence-corrected chi connectivity index (χ0v) is 15.1. The van der Waals surface area contributed by atoms with Crippen LogP contribution in [0.2, 0.25) is 0 Å². The van der Waals surface area contributed by atoms with Crippen LogP contribution >= 0.6 is 23.6 Å². The topological polar surface area (TPSA) is 31.4 Å². The maximum absolute atomic E-state index is 5.63. The second kappa shape index (κ2) is 7.38. The fraction of sp³-hybridized carbons (Fsp3) is 0.412. The van der Waals surface area contributed by atoms with Gasteiger partial charge < -0.3 is 15.1 Å². The van der Waals surface area contributed by atoms with Crippen LogP contribution in [0.1, 0.15) is 29.1 Å². The first-order valence-electron chi connectivity index (χ1n) is 7.83. The summed E-state index contributed by atoms with van der Waals surface area (Å²) in [4.78, 5) is 10.4. The molecule has 3 heterocycles. The van der Waals surface area contributed by atoms with Gasteiger partial charge in [0.2, 0.25) is 0 Å². The van der Waals surface area contributed by atoms with E-state index in [9.17, 15) is 0 Å². The summed E-state index contributed by atoms with van der Waals surface area (Å²) < 4.78 is 0. The Morgan fingerprint density at radius 1 is 1.30 bits per heavy atom. The molecule has 122 valence electrons. The fourth-order valence-corrected chi connectivity index (χ4v) is 4.18. The minimum atomic E-state index is 0.113. The summed E-state index contributed by atoms with van der Waals surface area (Å²) in [6.45, 7) is 2.01. The summed E-state index contributed by atoms with van der Waals surface area (Å²) in [6.07, 6.45) is 2.94. The minimum absolute atomic E-state index is 0.113. The third-order valence-corrected chi connectivity index (χ3v) is 5.33. The molecule has 0 aromatic carbocycles. The van der Waals surface area contributed by atoms with Gasteiger partial charge in [0.25, 0.3) is 0 Å². The number of hydrogen-bond acceptors (Lipinski definition) is 4. The van der Waals surface area contributed by atoms with Crippen molar-refractivity contribution >= 4 is 28.7 Å². The van der Waals surface area contributed by atoms with Crippen molar-refractivity contribution in [3.8, 4) is 0 Å². The van der Waals surface area contributed by atoms with Crippen molar-refractivity contribution < 1.29 is 0 Å². The molecule has 2 aromatic rings. The van der Waals surface area contributed by atoms with E-state index >= 15 is 0 Å². The first-order valence-corrected chi connectivity index (χ1v) is 9.12. The van der Waals surface area contributed by atoms with Gasteiger partial charge in [0.15, 0.2) is 5.11 Å². The van der Waals surface area contributed by atoms with Gasteiger partial charge in [-0.2, -0.15) is 0 Å². The molecule has 2 aromatic heterocycles. The number of thiophene rings is 1. The van der Waals surface area contributed by atoms with Gasteiger partial charge in [0.05, 0.1) is 17.8 Å². The van der Waals surface area contributed by atoms with E-state index in [1.54, 1.807) is 11.3 Å². The molecule has 0 spiro atoms. The standard InChI is InChI=1S/C17H22N4S2/c1-20(2)10-6-11-21-16(14-8-5-12-23-14)15(19-17(21)22)13-7-3-4-9-18-13/h3-5,7-9,12,15-16H,6,10-11H2,1-2H3,(H,19,22)/t15-,16-/m0/s1. The Bertz CT molecular complexity index is 627. The number of nitrogens with one attached hydrogen (secondary N) is 1. The highest BCUT2D eigenvalue weighted by molar-refractivity contribution is 7.80. The van der Waals surface area contributed by atoms with Gasteiger partial charge in [0, 0.05) is 17.6 Å². The van der Waals surface area contributed by atoms with Gasteiger partial charge in [-0.05, 0) is 62.9 Å². The Hall–Kier alpha value is -1.50. The highest BCUT2D eigenvalue weighted by Crippen LogP contribution is 2.40. The minimum Gasteiger partial charge on any atom is -0.352 e. The summed E-state index contributed by atoms with van der Waals surface area (Å²) in [6, 6.07) is 10.7. The lowest BCUT2D eigenvalue weighted by molar-refractivity contribution is 0.296. The van der Waals surface area contributed by atoms with Crippen molar-refractivity contribution in [3.05, 3.63) is 52.5 Å². The molecular formula is C17H22N4S2. The van der Waals surface area contributed by atoms with Gasteiger partial charge in [-0.25, -0.2) is 0 Å². The molecule has 0 bridgehead atoms. The molecule has 1 fully saturated rings. The first-order chi connectivity index (χ1) is 11.2. The van der Waals surface area contributed by atoms with Crippen LogP contribution in [-0.2, 0) is 0 Å². The predicted octanol–water partition coefficient (Wildman–Crippen LogP) is 3.07. The van der Waals surface area contributed by atoms with Crippen LogP contribution in [-0.4, -0.2) is 47.1 Å². The molecule has 1 N–H and O–H groups in total. The summed E-state index contributed by atoms with van der Waals surface area (Å²) in [5, 5.41) is 6.45. The van der Waals surface area contributed by atoms with Crippen LogP contribution in [0.3, 0.4) is 0 Å². The van der Waals surface area contributed by atoms with Gasteiger partial charge in [-0.15, -0.1) is 11.3 Å². The zero-order valence-electron chi connectivity index (χ0n) is 13.5. The quantitative estimate of drug-likeness (QED) is 0.813. The molecule has 0 amide bonds. The maximum atomic E-state index is 5.63. The van der Waals surface area contributed by atoms with Crippen LogP contribution in [0, 0.1) is 0 Å². The number of pyridine rings is 1. The second-order valence-electron chi connectivity index (χ2n) is 5.99. The summed E-state index contributed by atoms with van der Waals surface area (Å²) in [5.74, 6) is 0. The highest BCUT2D eigenvalue weighted by Gasteiger charge is 2.39. The third kappa shape index (κ3) is 3.71. The van der Waals surface area contributed by atoms with E-state index in [4.69, 9.17) is 12.2 Å². The van der Waals surface area contributed by atoms with Gasteiger partial charge in [-0.1, -0.05) is 12.1 Å². The first kappa shape index (κ1) is 16.4. The number of thiocarbonyl (C=S) groups is 1. The second-order valence-corrected chi connectivity index (χ2v) is 7.36. The monoisotopic (exact) mass is 346 g/mol. The average molecular weight is 347 g/mol. The lowest BCUT2D eigenvalue weighted by Crippen LogP contribution is -2.32. The Labute approximate surface area is 147 Å². The molecule has 6 heteroatoms. The average Bonchev–Trinajstić information content (AvgIpc) is 3.16. The molecule has 3 rings (SSSR count). The Morgan fingerprint density at radius 3 is 2.83 bits per heavy atom. The highest BCUT2D eigenvalue weighted by atomic mass is 32.1. The number of aromatic nitrogens is 1. The fourth-order valence-electron chi connectivity index (χ4n) is 2.97. The molecule has 1 aliphatic rings. The van der Waals surface area contributed by atoms with E-state index in [0.29, 0.717) is 0 Å². The smallest absolute Gasteiger partial charge is 0.170 e. The number of rotatable bonds is 6. The van der Waals surface area contributed by atoms with Gasteiger partial charge in [0.1, 0.15) is 0 Å². The number of nitrogens with zero attached hydrogens (tertiary/aromatic N) is 3. The van der Waals surface area contributed by atoms with Crippen LogP contribution < -0.4 is 5.32 Å². The van der Waals surface area contributed by atoms with Crippen molar-refractivity contribution in [1.82, 2.24) is 20.1 Å². The molecule has 2 atom stereocenters. The Morgan fingerprint density at radius 2 is 2.17 bits per heavy atom. The summed E-state index contributed by atoms with van der Waals surface area (Å²) in [5.41, 5.74) is 1.04. The molecule has 0 unspecified atom stereocenters. The van der Waals surface area contributed by atoms with E-state index in [1.807, 2.05) is 18.3 Å². The molecule has 0 radical (unpaired) electrons. The molecule has 1 saturated heterocycles. The van der Waals surface area contributed by atoms with Crippen LogP contribution in [0.25, 0.3) is 0 Å². The molecular weight excluding hydrogens is 324 g/mol. The number of hydrogen-bond donors (Lipinski definition) is 1. The Balaban J connectivity index is 1.85. The van der Waals surface area contributed by atoms with E-state index in [1.165, 1.54) is 4.88 Å². The molecule has 4 nitrogen and oxygen atoms in total. The van der Waals surface area contributed by atoms with E-state index < -0.39 is 0 Å². The van der Waals surface area contributed by atoms with E-state index in [-0.39, 0.29) is 12.1 Å². The summed E-state index contributed by atoms with van der Waals surface area (Å²) in [7, 11) is 4.21. The van der Waals surface area contributed by atoms with Crippen molar-refractivity contribution in [2.75, 3.05) is 27.2 Å². The van der Waals surface area contributed by atoms with Crippen LogP contribution in [0.15, 0.2) is 41.9 Å². The molecule has 23 heavy (non-hydrogen) atoms. The van der Waals surface area contributed by atoms with Gasteiger partial charge in [-0.3, -0.25) is 4.98 Å². The predicted molar refractivity (Wildman–Crippen MR) is 99.6 cm³/mol. The van der Waals surface area contributed by atoms with E-state index in [0.717, 1.165) is 30.3 Å². The molecule has 1 aliphatic heterocycles. The SMILES string of the molecule is CN(C)CCCN1C(=S)N[C@@H](c2ccccn2)[C@@H]1c1cccs1. The molecule has 0 saturated carbocycles. The lowest BCUT2D eigenvalue weighted by Gasteiger charge is -2.27. The van der Waals surface area contributed by atoms with Crippen molar-refractivity contribution in [1.29, 1.82) is 0 Å². The molecule has 0 aliphatic carbocycles. The third-order valence-electron chi connectivity index (χ3n) is 4.04. The van der Waals surface area contributed by atoms with Crippen LogP contribution in [0.5, 0.6) is 0 Å². The van der Waals surface area contributed by atoms with Crippen LogP contribution in [0.4, 0.5) is 0 Å². The maximum Gasteiger partial charge on any atom is 0.170 e. The van der Waals surface area contributed by atoms with Crippen molar-refractivity contribution in [2.45, 2.75) is 18.5 Å². The largest absolute Gasteiger partial charge is 0.352 e.